The van der Waals surface area contributed by atoms with E-state index in [2.05, 4.69) is 48.4 Å². The Labute approximate surface area is 115 Å². The second-order valence-corrected chi connectivity index (χ2v) is 5.95. The van der Waals surface area contributed by atoms with Crippen molar-refractivity contribution in [2.75, 3.05) is 6.54 Å². The summed E-state index contributed by atoms with van der Waals surface area (Å²) in [6.07, 6.45) is 6.57. The molecule has 19 heavy (non-hydrogen) atoms. The predicted octanol–water partition coefficient (Wildman–Crippen LogP) is 3.73. The molecule has 2 unspecified atom stereocenters. The van der Waals surface area contributed by atoms with Crippen molar-refractivity contribution < 1.29 is 0 Å². The van der Waals surface area contributed by atoms with Gasteiger partial charge in [0.1, 0.15) is 0 Å². The maximum Gasteiger partial charge on any atom is 0.0349 e. The highest BCUT2D eigenvalue weighted by Crippen LogP contribution is 2.44. The lowest BCUT2D eigenvalue weighted by Gasteiger charge is -2.38. The van der Waals surface area contributed by atoms with Gasteiger partial charge in [-0.05, 0) is 48.2 Å². The van der Waals surface area contributed by atoms with Crippen LogP contribution in [0.4, 0.5) is 0 Å². The minimum Gasteiger partial charge on any atom is -0.314 e. The highest BCUT2D eigenvalue weighted by molar-refractivity contribution is 5.85. The number of hydrogen-bond acceptors (Lipinski definition) is 2. The van der Waals surface area contributed by atoms with E-state index in [1.54, 1.807) is 0 Å². The van der Waals surface area contributed by atoms with Crippen LogP contribution >= 0.6 is 0 Å². The van der Waals surface area contributed by atoms with Gasteiger partial charge in [0.05, 0.1) is 0 Å². The molecule has 1 N–H and O–H groups in total. The van der Waals surface area contributed by atoms with E-state index in [-0.39, 0.29) is 0 Å². The van der Waals surface area contributed by atoms with Crippen LogP contribution in [-0.2, 0) is 0 Å². The van der Waals surface area contributed by atoms with Crippen molar-refractivity contribution >= 4 is 10.8 Å². The molecular formula is C17H22N2. The minimum absolute atomic E-state index is 0.579. The Balaban J connectivity index is 1.84. The molecule has 100 valence electrons. The zero-order valence-electron chi connectivity index (χ0n) is 11.8. The van der Waals surface area contributed by atoms with Crippen molar-refractivity contribution in [1.29, 1.82) is 0 Å². The molecule has 0 spiro atoms. The van der Waals surface area contributed by atoms with Crippen molar-refractivity contribution in [3.8, 4) is 0 Å². The predicted molar refractivity (Wildman–Crippen MR) is 80.3 cm³/mol. The highest BCUT2D eigenvalue weighted by Gasteiger charge is 2.32. The third-order valence-corrected chi connectivity index (χ3v) is 4.32. The van der Waals surface area contributed by atoms with Gasteiger partial charge >= 0.3 is 0 Å². The van der Waals surface area contributed by atoms with Crippen LogP contribution in [0.25, 0.3) is 10.8 Å². The fourth-order valence-electron chi connectivity index (χ4n) is 3.07. The smallest absolute Gasteiger partial charge is 0.0349 e. The van der Waals surface area contributed by atoms with Crippen molar-refractivity contribution in [3.63, 3.8) is 0 Å². The highest BCUT2D eigenvalue weighted by atomic mass is 14.9. The molecule has 0 amide bonds. The Morgan fingerprint density at radius 3 is 2.89 bits per heavy atom. The second kappa shape index (κ2) is 5.30. The molecule has 1 aromatic carbocycles. The van der Waals surface area contributed by atoms with Gasteiger partial charge in [-0.2, -0.15) is 0 Å². The van der Waals surface area contributed by atoms with Gasteiger partial charge in [-0.3, -0.25) is 4.98 Å². The van der Waals surface area contributed by atoms with E-state index in [0.29, 0.717) is 12.0 Å². The molecule has 2 atom stereocenters. The average molecular weight is 254 g/mol. The lowest BCUT2D eigenvalue weighted by Crippen LogP contribution is -2.36. The summed E-state index contributed by atoms with van der Waals surface area (Å²) < 4.78 is 0. The molecule has 0 aliphatic heterocycles. The van der Waals surface area contributed by atoms with Crippen molar-refractivity contribution in [2.24, 2.45) is 5.92 Å². The topological polar surface area (TPSA) is 24.9 Å². The molecule has 2 aromatic rings. The van der Waals surface area contributed by atoms with Gasteiger partial charge in [-0.15, -0.1) is 0 Å². The van der Waals surface area contributed by atoms with Crippen LogP contribution in [0.2, 0.25) is 0 Å². The zero-order valence-corrected chi connectivity index (χ0v) is 11.8. The molecule has 2 heteroatoms. The van der Waals surface area contributed by atoms with Gasteiger partial charge in [0.2, 0.25) is 0 Å². The molecular weight excluding hydrogens is 232 g/mol. The van der Waals surface area contributed by atoms with Gasteiger partial charge in [-0.25, -0.2) is 0 Å². The summed E-state index contributed by atoms with van der Waals surface area (Å²) in [6, 6.07) is 9.34. The van der Waals surface area contributed by atoms with Crippen LogP contribution in [0, 0.1) is 5.92 Å². The maximum absolute atomic E-state index is 4.30. The number of rotatable bonds is 4. The van der Waals surface area contributed by atoms with Crippen LogP contribution in [0.15, 0.2) is 36.7 Å². The Hall–Kier alpha value is -1.41. The standard InChI is InChI=1S/C17H22N2/c1-12(2)19-10-14-6-7-15(14)16-5-3-4-13-8-9-18-11-17(13)16/h3-5,8-9,11-12,14-15,19H,6-7,10H2,1-2H3. The van der Waals surface area contributed by atoms with Gasteiger partial charge in [0.15, 0.2) is 0 Å². The SMILES string of the molecule is CC(C)NCC1CCC1c1cccc2ccncc12. The Kier molecular flexibility index (Phi) is 3.52. The Morgan fingerprint density at radius 2 is 2.16 bits per heavy atom. The van der Waals surface area contributed by atoms with E-state index in [9.17, 15) is 0 Å². The summed E-state index contributed by atoms with van der Waals surface area (Å²) in [4.78, 5) is 4.30. The molecule has 1 heterocycles. The first kappa shape index (κ1) is 12.6. The van der Waals surface area contributed by atoms with Crippen molar-refractivity contribution in [2.45, 2.75) is 38.6 Å². The van der Waals surface area contributed by atoms with Crippen LogP contribution in [0.5, 0.6) is 0 Å². The molecule has 0 saturated heterocycles. The second-order valence-electron chi connectivity index (χ2n) is 5.95. The number of nitrogens with zero attached hydrogens (tertiary/aromatic N) is 1. The Morgan fingerprint density at radius 1 is 1.26 bits per heavy atom. The minimum atomic E-state index is 0.579. The fourth-order valence-corrected chi connectivity index (χ4v) is 3.07. The number of pyridine rings is 1. The molecule has 1 aliphatic rings. The van der Waals surface area contributed by atoms with E-state index in [0.717, 1.165) is 12.5 Å². The zero-order chi connectivity index (χ0) is 13.2. The molecule has 0 radical (unpaired) electrons. The summed E-state index contributed by atoms with van der Waals surface area (Å²) in [5.41, 5.74) is 1.49. The molecule has 1 fully saturated rings. The number of nitrogens with one attached hydrogen (secondary N) is 1. The van der Waals surface area contributed by atoms with Crippen molar-refractivity contribution in [1.82, 2.24) is 10.3 Å². The first-order chi connectivity index (χ1) is 9.25. The third kappa shape index (κ3) is 2.50. The molecule has 1 aliphatic carbocycles. The van der Waals surface area contributed by atoms with Gasteiger partial charge in [-0.1, -0.05) is 32.0 Å². The lowest BCUT2D eigenvalue weighted by atomic mass is 9.69. The van der Waals surface area contributed by atoms with Crippen molar-refractivity contribution in [3.05, 3.63) is 42.2 Å². The maximum atomic E-state index is 4.30. The summed E-state index contributed by atoms with van der Waals surface area (Å²) >= 11 is 0. The van der Waals surface area contributed by atoms with Gasteiger partial charge in [0.25, 0.3) is 0 Å². The number of benzene rings is 1. The lowest BCUT2D eigenvalue weighted by molar-refractivity contribution is 0.242. The monoisotopic (exact) mass is 254 g/mol. The molecule has 3 rings (SSSR count). The Bertz CT molecular complexity index is 557. The summed E-state index contributed by atoms with van der Waals surface area (Å²) in [7, 11) is 0. The first-order valence-corrected chi connectivity index (χ1v) is 7.31. The number of hydrogen-bond donors (Lipinski definition) is 1. The van der Waals surface area contributed by atoms with E-state index in [1.807, 2.05) is 12.4 Å². The van der Waals surface area contributed by atoms with E-state index in [4.69, 9.17) is 0 Å². The van der Waals surface area contributed by atoms with Gasteiger partial charge < -0.3 is 5.32 Å². The molecule has 2 nitrogen and oxygen atoms in total. The summed E-state index contributed by atoms with van der Waals surface area (Å²) in [5, 5.41) is 6.23. The normalized spacial score (nSPS) is 22.7. The van der Waals surface area contributed by atoms with Crippen LogP contribution < -0.4 is 5.32 Å². The number of fused-ring (bicyclic) bond motifs is 1. The number of aromatic nitrogens is 1. The largest absolute Gasteiger partial charge is 0.314 e. The van der Waals surface area contributed by atoms with E-state index in [1.165, 1.54) is 29.2 Å². The molecule has 1 saturated carbocycles. The van der Waals surface area contributed by atoms with Crippen LogP contribution in [0.3, 0.4) is 0 Å². The quantitative estimate of drug-likeness (QED) is 0.899. The summed E-state index contributed by atoms with van der Waals surface area (Å²) in [6.45, 7) is 5.57. The van der Waals surface area contributed by atoms with E-state index < -0.39 is 0 Å². The van der Waals surface area contributed by atoms with E-state index >= 15 is 0 Å². The fraction of sp³-hybridized carbons (Fsp3) is 0.471. The molecule has 0 bridgehead atoms. The third-order valence-electron chi connectivity index (χ3n) is 4.32. The van der Waals surface area contributed by atoms with Gasteiger partial charge in [0, 0.05) is 23.8 Å². The van der Waals surface area contributed by atoms with Crippen LogP contribution in [0.1, 0.15) is 38.2 Å². The summed E-state index contributed by atoms with van der Waals surface area (Å²) in [5.74, 6) is 1.49. The molecule has 1 aromatic heterocycles. The first-order valence-electron chi connectivity index (χ1n) is 7.31. The van der Waals surface area contributed by atoms with Crippen LogP contribution in [-0.4, -0.2) is 17.6 Å². The average Bonchev–Trinajstić information content (AvgIpc) is 2.38.